The number of hydrogen-bond acceptors (Lipinski definition) is 6. The van der Waals surface area contributed by atoms with Crippen molar-refractivity contribution in [3.63, 3.8) is 0 Å². The Labute approximate surface area is 101 Å². The summed E-state index contributed by atoms with van der Waals surface area (Å²) in [5.74, 6) is 0.540. The number of nitrogens with one attached hydrogen (secondary N) is 2. The fourth-order valence-electron chi connectivity index (χ4n) is 1.19. The van der Waals surface area contributed by atoms with E-state index in [9.17, 15) is 4.79 Å². The van der Waals surface area contributed by atoms with Crippen molar-refractivity contribution in [3.05, 3.63) is 5.89 Å². The topological polar surface area (TPSA) is 83.3 Å². The average molecular weight is 241 g/mol. The molecule has 0 saturated heterocycles. The molecule has 0 spiro atoms. The largest absolute Gasteiger partial charge is 0.407 e. The molecular weight excluding hydrogens is 222 g/mol. The second-order valence-corrected chi connectivity index (χ2v) is 3.60. The van der Waals surface area contributed by atoms with E-state index in [0.717, 1.165) is 6.54 Å². The zero-order valence-corrected chi connectivity index (χ0v) is 10.5. The SMILES string of the molecule is CCNCc1nnc(N(C)CCC(=O)NC)o1. The Balaban J connectivity index is 2.43. The van der Waals surface area contributed by atoms with Crippen LogP contribution in [0.25, 0.3) is 0 Å². The van der Waals surface area contributed by atoms with Crippen LogP contribution in [-0.4, -0.2) is 43.3 Å². The van der Waals surface area contributed by atoms with Crippen molar-refractivity contribution in [3.8, 4) is 0 Å². The lowest BCUT2D eigenvalue weighted by molar-refractivity contribution is -0.120. The first kappa shape index (κ1) is 13.4. The lowest BCUT2D eigenvalue weighted by Gasteiger charge is -2.12. The van der Waals surface area contributed by atoms with Gasteiger partial charge in [0, 0.05) is 27.1 Å². The van der Waals surface area contributed by atoms with Crippen molar-refractivity contribution >= 4 is 11.9 Å². The Kier molecular flexibility index (Phi) is 5.41. The highest BCUT2D eigenvalue weighted by molar-refractivity contribution is 5.76. The van der Waals surface area contributed by atoms with Gasteiger partial charge in [-0.3, -0.25) is 4.79 Å². The summed E-state index contributed by atoms with van der Waals surface area (Å²) >= 11 is 0. The molecule has 0 atom stereocenters. The fraction of sp³-hybridized carbons (Fsp3) is 0.700. The van der Waals surface area contributed by atoms with Crippen LogP contribution in [0.5, 0.6) is 0 Å². The molecule has 1 amide bonds. The van der Waals surface area contributed by atoms with Gasteiger partial charge in [0.2, 0.25) is 11.8 Å². The molecule has 0 radical (unpaired) electrons. The maximum Gasteiger partial charge on any atom is 0.317 e. The van der Waals surface area contributed by atoms with E-state index < -0.39 is 0 Å². The van der Waals surface area contributed by atoms with Crippen LogP contribution in [-0.2, 0) is 11.3 Å². The van der Waals surface area contributed by atoms with Crippen LogP contribution >= 0.6 is 0 Å². The first-order chi connectivity index (χ1) is 8.17. The maximum atomic E-state index is 11.1. The first-order valence-corrected chi connectivity index (χ1v) is 5.62. The number of nitrogens with zero attached hydrogens (tertiary/aromatic N) is 3. The Bertz CT molecular complexity index is 352. The molecule has 1 aromatic rings. The van der Waals surface area contributed by atoms with Crippen molar-refractivity contribution in [2.24, 2.45) is 0 Å². The summed E-state index contributed by atoms with van der Waals surface area (Å²) < 4.78 is 5.42. The molecule has 17 heavy (non-hydrogen) atoms. The van der Waals surface area contributed by atoms with Crippen LogP contribution in [0.4, 0.5) is 6.01 Å². The number of aromatic nitrogens is 2. The lowest BCUT2D eigenvalue weighted by atomic mass is 10.4. The first-order valence-electron chi connectivity index (χ1n) is 5.62. The smallest absolute Gasteiger partial charge is 0.317 e. The molecule has 7 heteroatoms. The number of carbonyl (C=O) groups excluding carboxylic acids is 1. The molecule has 0 aromatic carbocycles. The number of carbonyl (C=O) groups is 1. The highest BCUT2D eigenvalue weighted by atomic mass is 16.4. The zero-order chi connectivity index (χ0) is 12.7. The van der Waals surface area contributed by atoms with Gasteiger partial charge in [0.25, 0.3) is 0 Å². The quantitative estimate of drug-likeness (QED) is 0.685. The molecule has 0 saturated carbocycles. The molecule has 0 fully saturated rings. The Hall–Kier alpha value is -1.63. The van der Waals surface area contributed by atoms with Gasteiger partial charge in [-0.2, -0.15) is 0 Å². The van der Waals surface area contributed by atoms with Crippen molar-refractivity contribution in [1.82, 2.24) is 20.8 Å². The molecule has 0 aliphatic carbocycles. The average Bonchev–Trinajstić information content (AvgIpc) is 2.81. The lowest BCUT2D eigenvalue weighted by Crippen LogP contribution is -2.26. The zero-order valence-electron chi connectivity index (χ0n) is 10.5. The van der Waals surface area contributed by atoms with Crippen molar-refractivity contribution in [1.29, 1.82) is 0 Å². The summed E-state index contributed by atoms with van der Waals surface area (Å²) in [6.45, 7) is 3.96. The molecule has 1 heterocycles. The van der Waals surface area contributed by atoms with Gasteiger partial charge in [-0.05, 0) is 6.54 Å². The predicted octanol–water partition coefficient (Wildman–Crippen LogP) is -0.249. The molecule has 2 N–H and O–H groups in total. The van der Waals surface area contributed by atoms with Gasteiger partial charge in [-0.15, -0.1) is 5.10 Å². The summed E-state index contributed by atoms with van der Waals surface area (Å²) in [5.41, 5.74) is 0. The normalized spacial score (nSPS) is 10.3. The van der Waals surface area contributed by atoms with Crippen LogP contribution in [0.3, 0.4) is 0 Å². The molecule has 0 aliphatic rings. The molecule has 96 valence electrons. The predicted molar refractivity (Wildman–Crippen MR) is 63.6 cm³/mol. The second-order valence-electron chi connectivity index (χ2n) is 3.60. The minimum atomic E-state index is -0.00996. The standard InChI is InChI=1S/C10H19N5O2/c1-4-12-7-9-13-14-10(17-9)15(3)6-5-8(16)11-2/h12H,4-7H2,1-3H3,(H,11,16). The van der Waals surface area contributed by atoms with Gasteiger partial charge in [0.15, 0.2) is 0 Å². The van der Waals surface area contributed by atoms with Gasteiger partial charge in [-0.25, -0.2) is 0 Å². The Morgan fingerprint density at radius 2 is 2.24 bits per heavy atom. The van der Waals surface area contributed by atoms with Crippen molar-refractivity contribution < 1.29 is 9.21 Å². The monoisotopic (exact) mass is 241 g/mol. The van der Waals surface area contributed by atoms with E-state index >= 15 is 0 Å². The molecule has 0 unspecified atom stereocenters. The summed E-state index contributed by atoms with van der Waals surface area (Å²) in [7, 11) is 3.43. The summed E-state index contributed by atoms with van der Waals surface area (Å²) in [6.07, 6.45) is 0.401. The van der Waals surface area contributed by atoms with E-state index in [2.05, 4.69) is 20.8 Å². The van der Waals surface area contributed by atoms with Gasteiger partial charge in [0.1, 0.15) is 0 Å². The van der Waals surface area contributed by atoms with Gasteiger partial charge >= 0.3 is 6.01 Å². The van der Waals surface area contributed by atoms with Crippen LogP contribution in [0, 0.1) is 0 Å². The molecule has 1 rings (SSSR count). The third-order valence-electron chi connectivity index (χ3n) is 2.26. The van der Waals surface area contributed by atoms with Crippen LogP contribution in [0.15, 0.2) is 4.42 Å². The number of hydrogen-bond donors (Lipinski definition) is 2. The molecule has 7 nitrogen and oxygen atoms in total. The highest BCUT2D eigenvalue weighted by Gasteiger charge is 2.11. The van der Waals surface area contributed by atoms with Crippen LogP contribution in [0.2, 0.25) is 0 Å². The minimum Gasteiger partial charge on any atom is -0.407 e. The highest BCUT2D eigenvalue weighted by Crippen LogP contribution is 2.10. The number of amides is 1. The minimum absolute atomic E-state index is 0.00996. The summed E-state index contributed by atoms with van der Waals surface area (Å²) in [4.78, 5) is 12.8. The number of anilines is 1. The Morgan fingerprint density at radius 3 is 2.88 bits per heavy atom. The molecule has 1 aromatic heterocycles. The van der Waals surface area contributed by atoms with Gasteiger partial charge in [-0.1, -0.05) is 12.0 Å². The van der Waals surface area contributed by atoms with Gasteiger partial charge < -0.3 is 20.0 Å². The summed E-state index contributed by atoms with van der Waals surface area (Å²) in [5, 5.41) is 13.5. The number of rotatable bonds is 7. The van der Waals surface area contributed by atoms with Crippen molar-refractivity contribution in [2.75, 3.05) is 32.1 Å². The van der Waals surface area contributed by atoms with Gasteiger partial charge in [0.05, 0.1) is 6.54 Å². The van der Waals surface area contributed by atoms with Crippen LogP contribution < -0.4 is 15.5 Å². The van der Waals surface area contributed by atoms with E-state index in [1.165, 1.54) is 0 Å². The Morgan fingerprint density at radius 1 is 1.47 bits per heavy atom. The third kappa shape index (κ3) is 4.39. The molecular formula is C10H19N5O2. The van der Waals surface area contributed by atoms with Crippen LogP contribution in [0.1, 0.15) is 19.2 Å². The molecule has 0 aliphatic heterocycles. The van der Waals surface area contributed by atoms with E-state index in [4.69, 9.17) is 4.42 Å². The van der Waals surface area contributed by atoms with E-state index in [1.54, 1.807) is 11.9 Å². The van der Waals surface area contributed by atoms with E-state index in [1.807, 2.05) is 14.0 Å². The van der Waals surface area contributed by atoms with Crippen molar-refractivity contribution in [2.45, 2.75) is 19.9 Å². The third-order valence-corrected chi connectivity index (χ3v) is 2.26. The second kappa shape index (κ2) is 6.85. The summed E-state index contributed by atoms with van der Waals surface area (Å²) in [6, 6.07) is 0.432. The van der Waals surface area contributed by atoms with E-state index in [-0.39, 0.29) is 5.91 Å². The van der Waals surface area contributed by atoms with E-state index in [0.29, 0.717) is 31.4 Å². The molecule has 0 bridgehead atoms. The maximum absolute atomic E-state index is 11.1. The fourth-order valence-corrected chi connectivity index (χ4v) is 1.19.